The van der Waals surface area contributed by atoms with Gasteiger partial charge in [0, 0.05) is 24.7 Å². The van der Waals surface area contributed by atoms with Crippen molar-refractivity contribution in [3.63, 3.8) is 0 Å². The SMILES string of the molecule is Cc1ccc(N2CC(C(=O)N(CC(N)=O)C(C)C)CC2=O)cc1. The predicted molar refractivity (Wildman–Crippen MR) is 87.7 cm³/mol. The van der Waals surface area contributed by atoms with Crippen molar-refractivity contribution in [3.8, 4) is 0 Å². The normalized spacial score (nSPS) is 17.7. The fourth-order valence-corrected chi connectivity index (χ4v) is 2.76. The molecule has 0 aromatic heterocycles. The summed E-state index contributed by atoms with van der Waals surface area (Å²) in [5.74, 6) is -1.26. The van der Waals surface area contributed by atoms with E-state index in [-0.39, 0.29) is 30.8 Å². The van der Waals surface area contributed by atoms with Gasteiger partial charge in [-0.05, 0) is 32.9 Å². The Labute approximate surface area is 136 Å². The number of amides is 3. The van der Waals surface area contributed by atoms with E-state index in [0.717, 1.165) is 11.3 Å². The lowest BCUT2D eigenvalue weighted by atomic mass is 10.1. The van der Waals surface area contributed by atoms with Gasteiger partial charge in [0.1, 0.15) is 0 Å². The maximum Gasteiger partial charge on any atom is 0.237 e. The van der Waals surface area contributed by atoms with E-state index in [1.807, 2.05) is 45.0 Å². The van der Waals surface area contributed by atoms with E-state index in [0.29, 0.717) is 6.54 Å². The molecule has 0 spiro atoms. The zero-order chi connectivity index (χ0) is 17.1. The number of carbonyl (C=O) groups excluding carboxylic acids is 3. The molecule has 1 unspecified atom stereocenters. The number of anilines is 1. The molecule has 1 heterocycles. The molecule has 0 saturated carbocycles. The zero-order valence-electron chi connectivity index (χ0n) is 13.8. The molecule has 23 heavy (non-hydrogen) atoms. The number of aryl methyl sites for hydroxylation is 1. The molecule has 6 nitrogen and oxygen atoms in total. The quantitative estimate of drug-likeness (QED) is 0.881. The summed E-state index contributed by atoms with van der Waals surface area (Å²) in [6.45, 7) is 5.85. The van der Waals surface area contributed by atoms with Crippen LogP contribution in [0.3, 0.4) is 0 Å². The molecule has 1 aliphatic rings. The molecule has 2 rings (SSSR count). The number of rotatable bonds is 5. The summed E-state index contributed by atoms with van der Waals surface area (Å²) in [5.41, 5.74) is 7.12. The Bertz CT molecular complexity index is 610. The number of primary amides is 1. The van der Waals surface area contributed by atoms with E-state index in [4.69, 9.17) is 5.73 Å². The number of hydrogen-bond donors (Lipinski definition) is 1. The smallest absolute Gasteiger partial charge is 0.237 e. The van der Waals surface area contributed by atoms with Crippen LogP contribution in [0.5, 0.6) is 0 Å². The van der Waals surface area contributed by atoms with Crippen LogP contribution < -0.4 is 10.6 Å². The zero-order valence-corrected chi connectivity index (χ0v) is 13.8. The first-order chi connectivity index (χ1) is 10.8. The highest BCUT2D eigenvalue weighted by Crippen LogP contribution is 2.27. The Kier molecular flexibility index (Phi) is 5.03. The maximum absolute atomic E-state index is 12.6. The molecule has 1 aliphatic heterocycles. The molecule has 1 aromatic rings. The van der Waals surface area contributed by atoms with E-state index < -0.39 is 11.8 Å². The summed E-state index contributed by atoms with van der Waals surface area (Å²) >= 11 is 0. The number of carbonyl (C=O) groups is 3. The molecule has 1 atom stereocenters. The van der Waals surface area contributed by atoms with Gasteiger partial charge in [-0.3, -0.25) is 14.4 Å². The van der Waals surface area contributed by atoms with Crippen molar-refractivity contribution in [2.45, 2.75) is 33.2 Å². The van der Waals surface area contributed by atoms with Crippen LogP contribution in [0.25, 0.3) is 0 Å². The van der Waals surface area contributed by atoms with Gasteiger partial charge in [-0.25, -0.2) is 0 Å². The van der Waals surface area contributed by atoms with Crippen molar-refractivity contribution in [3.05, 3.63) is 29.8 Å². The fraction of sp³-hybridized carbons (Fsp3) is 0.471. The standard InChI is InChI=1S/C17H23N3O3/c1-11(2)19(10-15(18)21)17(23)13-8-16(22)20(9-13)14-6-4-12(3)5-7-14/h4-7,11,13H,8-10H2,1-3H3,(H2,18,21). The third kappa shape index (κ3) is 3.88. The molecule has 1 saturated heterocycles. The number of nitrogens with zero attached hydrogens (tertiary/aromatic N) is 2. The molecule has 1 fully saturated rings. The van der Waals surface area contributed by atoms with E-state index >= 15 is 0 Å². The second-order valence-electron chi connectivity index (χ2n) is 6.27. The largest absolute Gasteiger partial charge is 0.368 e. The summed E-state index contributed by atoms with van der Waals surface area (Å²) in [4.78, 5) is 39.1. The highest BCUT2D eigenvalue weighted by molar-refractivity contribution is 6.00. The lowest BCUT2D eigenvalue weighted by Gasteiger charge is -2.28. The second kappa shape index (κ2) is 6.81. The third-order valence-electron chi connectivity index (χ3n) is 4.05. The van der Waals surface area contributed by atoms with Crippen LogP contribution in [-0.2, 0) is 14.4 Å². The summed E-state index contributed by atoms with van der Waals surface area (Å²) in [7, 11) is 0. The number of benzene rings is 1. The number of hydrogen-bond acceptors (Lipinski definition) is 3. The topological polar surface area (TPSA) is 83.7 Å². The molecule has 2 N–H and O–H groups in total. The lowest BCUT2D eigenvalue weighted by Crippen LogP contribution is -2.46. The van der Waals surface area contributed by atoms with Gasteiger partial charge in [-0.15, -0.1) is 0 Å². The predicted octanol–water partition coefficient (Wildman–Crippen LogP) is 1.07. The molecule has 6 heteroatoms. The van der Waals surface area contributed by atoms with Crippen molar-refractivity contribution in [1.29, 1.82) is 0 Å². The van der Waals surface area contributed by atoms with Crippen LogP contribution in [-0.4, -0.2) is 41.8 Å². The van der Waals surface area contributed by atoms with Crippen molar-refractivity contribution in [2.75, 3.05) is 18.0 Å². The van der Waals surface area contributed by atoms with Gasteiger partial charge in [0.15, 0.2) is 0 Å². The summed E-state index contributed by atoms with van der Waals surface area (Å²) < 4.78 is 0. The average molecular weight is 317 g/mol. The van der Waals surface area contributed by atoms with Crippen molar-refractivity contribution in [2.24, 2.45) is 11.7 Å². The van der Waals surface area contributed by atoms with Gasteiger partial charge in [-0.2, -0.15) is 0 Å². The van der Waals surface area contributed by atoms with Crippen molar-refractivity contribution in [1.82, 2.24) is 4.90 Å². The molecule has 0 radical (unpaired) electrons. The van der Waals surface area contributed by atoms with Gasteiger partial charge < -0.3 is 15.5 Å². The van der Waals surface area contributed by atoms with Gasteiger partial charge in [0.2, 0.25) is 17.7 Å². The Morgan fingerprint density at radius 2 is 1.91 bits per heavy atom. The maximum atomic E-state index is 12.6. The van der Waals surface area contributed by atoms with Crippen LogP contribution in [0.15, 0.2) is 24.3 Å². The first kappa shape index (κ1) is 17.0. The molecule has 0 aliphatic carbocycles. The average Bonchev–Trinajstić information content (AvgIpc) is 2.86. The van der Waals surface area contributed by atoms with Gasteiger partial charge in [0.25, 0.3) is 0 Å². The van der Waals surface area contributed by atoms with Gasteiger partial charge >= 0.3 is 0 Å². The minimum absolute atomic E-state index is 0.0741. The van der Waals surface area contributed by atoms with E-state index in [1.54, 1.807) is 4.90 Å². The first-order valence-electron chi connectivity index (χ1n) is 7.75. The van der Waals surface area contributed by atoms with Crippen molar-refractivity contribution < 1.29 is 14.4 Å². The van der Waals surface area contributed by atoms with Crippen LogP contribution >= 0.6 is 0 Å². The minimum Gasteiger partial charge on any atom is -0.368 e. The summed E-state index contributed by atoms with van der Waals surface area (Å²) in [6, 6.07) is 7.49. The lowest BCUT2D eigenvalue weighted by molar-refractivity contribution is -0.140. The highest BCUT2D eigenvalue weighted by Gasteiger charge is 2.38. The molecule has 3 amide bonds. The highest BCUT2D eigenvalue weighted by atomic mass is 16.2. The molecule has 124 valence electrons. The van der Waals surface area contributed by atoms with Crippen molar-refractivity contribution >= 4 is 23.4 Å². The first-order valence-corrected chi connectivity index (χ1v) is 7.75. The Hall–Kier alpha value is -2.37. The number of nitrogens with two attached hydrogens (primary N) is 1. The van der Waals surface area contributed by atoms with Crippen LogP contribution in [0.1, 0.15) is 25.8 Å². The fourth-order valence-electron chi connectivity index (χ4n) is 2.76. The van der Waals surface area contributed by atoms with Crippen LogP contribution in [0, 0.1) is 12.8 Å². The third-order valence-corrected chi connectivity index (χ3v) is 4.05. The van der Waals surface area contributed by atoms with Crippen LogP contribution in [0.2, 0.25) is 0 Å². The van der Waals surface area contributed by atoms with E-state index in [1.165, 1.54) is 4.90 Å². The van der Waals surface area contributed by atoms with Crippen LogP contribution in [0.4, 0.5) is 5.69 Å². The minimum atomic E-state index is -0.549. The Balaban J connectivity index is 2.13. The summed E-state index contributed by atoms with van der Waals surface area (Å²) in [6.07, 6.45) is 0.161. The van der Waals surface area contributed by atoms with Gasteiger partial charge in [-0.1, -0.05) is 17.7 Å². The molecule has 0 bridgehead atoms. The second-order valence-corrected chi connectivity index (χ2v) is 6.27. The molecule has 1 aromatic carbocycles. The van der Waals surface area contributed by atoms with E-state index in [2.05, 4.69) is 0 Å². The summed E-state index contributed by atoms with van der Waals surface area (Å²) in [5, 5.41) is 0. The molecular weight excluding hydrogens is 294 g/mol. The van der Waals surface area contributed by atoms with Gasteiger partial charge in [0.05, 0.1) is 12.5 Å². The van der Waals surface area contributed by atoms with E-state index in [9.17, 15) is 14.4 Å². The Morgan fingerprint density at radius 1 is 1.30 bits per heavy atom. The monoisotopic (exact) mass is 317 g/mol. The Morgan fingerprint density at radius 3 is 2.43 bits per heavy atom. The molecular formula is C17H23N3O3.